The second-order valence-electron chi connectivity index (χ2n) is 8.67. The number of hydrogen-bond donors (Lipinski definition) is 1. The molecule has 0 spiro atoms. The fourth-order valence-electron chi connectivity index (χ4n) is 4.60. The molecule has 1 aliphatic carbocycles. The van der Waals surface area contributed by atoms with Crippen LogP contribution in [0.15, 0.2) is 36.5 Å². The van der Waals surface area contributed by atoms with Gasteiger partial charge in [-0.15, -0.1) is 5.10 Å². The molecule has 2 heterocycles. The maximum atomic E-state index is 12.5. The molecule has 4 rings (SSSR count). The summed E-state index contributed by atoms with van der Waals surface area (Å²) in [5.41, 5.74) is 1.45. The van der Waals surface area contributed by atoms with Gasteiger partial charge in [0.15, 0.2) is 0 Å². The molecule has 1 amide bonds. The molecule has 2 aliphatic rings. The molecule has 9 nitrogen and oxygen atoms in total. The topological polar surface area (TPSA) is 87.1 Å². The molecule has 1 aromatic heterocycles. The fourth-order valence-corrected chi connectivity index (χ4v) is 4.60. The number of nitrogens with zero attached hydrogens (tertiary/aromatic N) is 3. The molecule has 1 N–H and O–H groups in total. The number of aromatic nitrogens is 2. The van der Waals surface area contributed by atoms with E-state index < -0.39 is 6.09 Å². The van der Waals surface area contributed by atoms with E-state index in [-0.39, 0.29) is 12.6 Å². The summed E-state index contributed by atoms with van der Waals surface area (Å²) < 4.78 is 24.0. The van der Waals surface area contributed by atoms with Crippen LogP contribution in [0.5, 0.6) is 5.88 Å². The predicted octanol–water partition coefficient (Wildman–Crippen LogP) is 3.86. The summed E-state index contributed by atoms with van der Waals surface area (Å²) >= 11 is 0. The van der Waals surface area contributed by atoms with Gasteiger partial charge in [-0.05, 0) is 38.2 Å². The van der Waals surface area contributed by atoms with Crippen molar-refractivity contribution in [1.29, 1.82) is 0 Å². The molecule has 9 heteroatoms. The summed E-state index contributed by atoms with van der Waals surface area (Å²) in [7, 11) is 0. The lowest BCUT2D eigenvalue weighted by molar-refractivity contribution is 0.00502. The van der Waals surface area contributed by atoms with Gasteiger partial charge in [0.2, 0.25) is 0 Å². The molecule has 1 aromatic carbocycles. The SMILES string of the molecule is CCOCCOc1nn(C2CCC(N3CCOCC3)CC2)cc1NC(=O)OCc1ccccc1. The lowest BCUT2D eigenvalue weighted by atomic mass is 9.90. The number of morpholine rings is 1. The van der Waals surface area contributed by atoms with Crippen molar-refractivity contribution in [2.75, 3.05) is 51.4 Å². The van der Waals surface area contributed by atoms with E-state index in [1.807, 2.05) is 48.1 Å². The van der Waals surface area contributed by atoms with Crippen LogP contribution in [-0.4, -0.2) is 72.9 Å². The Labute approximate surface area is 201 Å². The number of amides is 1. The van der Waals surface area contributed by atoms with Crippen molar-refractivity contribution in [2.24, 2.45) is 0 Å². The van der Waals surface area contributed by atoms with Crippen LogP contribution in [0.2, 0.25) is 0 Å². The van der Waals surface area contributed by atoms with Gasteiger partial charge in [0.05, 0.1) is 32.1 Å². The number of hydrogen-bond acceptors (Lipinski definition) is 7. The number of anilines is 1. The quantitative estimate of drug-likeness (QED) is 0.526. The minimum absolute atomic E-state index is 0.201. The number of benzene rings is 1. The van der Waals surface area contributed by atoms with Crippen LogP contribution in [0, 0.1) is 0 Å². The number of rotatable bonds is 10. The van der Waals surface area contributed by atoms with Gasteiger partial charge < -0.3 is 18.9 Å². The molecule has 1 saturated heterocycles. The van der Waals surface area contributed by atoms with Crippen LogP contribution in [0.1, 0.15) is 44.2 Å². The highest BCUT2D eigenvalue weighted by atomic mass is 16.6. The number of nitrogens with one attached hydrogen (secondary N) is 1. The van der Waals surface area contributed by atoms with Gasteiger partial charge in [-0.3, -0.25) is 14.9 Å². The molecule has 186 valence electrons. The Hall–Kier alpha value is -2.62. The van der Waals surface area contributed by atoms with Crippen molar-refractivity contribution < 1.29 is 23.7 Å². The van der Waals surface area contributed by atoms with E-state index in [4.69, 9.17) is 18.9 Å². The van der Waals surface area contributed by atoms with E-state index in [0.717, 1.165) is 57.6 Å². The Kier molecular flexibility index (Phi) is 9.18. The van der Waals surface area contributed by atoms with Crippen molar-refractivity contribution >= 4 is 11.8 Å². The minimum Gasteiger partial charge on any atom is -0.473 e. The van der Waals surface area contributed by atoms with Gasteiger partial charge in [-0.1, -0.05) is 30.3 Å². The highest BCUT2D eigenvalue weighted by Crippen LogP contribution is 2.34. The van der Waals surface area contributed by atoms with Crippen molar-refractivity contribution in [3.63, 3.8) is 0 Å². The molecule has 0 unspecified atom stereocenters. The van der Waals surface area contributed by atoms with Crippen LogP contribution in [-0.2, 0) is 20.8 Å². The molecule has 34 heavy (non-hydrogen) atoms. The summed E-state index contributed by atoms with van der Waals surface area (Å²) in [5, 5.41) is 7.48. The lowest BCUT2D eigenvalue weighted by Gasteiger charge is -2.38. The van der Waals surface area contributed by atoms with Gasteiger partial charge in [-0.2, -0.15) is 0 Å². The lowest BCUT2D eigenvalue weighted by Crippen LogP contribution is -2.45. The fraction of sp³-hybridized carbons (Fsp3) is 0.600. The summed E-state index contributed by atoms with van der Waals surface area (Å²) in [5.74, 6) is 0.395. The second-order valence-corrected chi connectivity index (χ2v) is 8.67. The first-order valence-corrected chi connectivity index (χ1v) is 12.3. The van der Waals surface area contributed by atoms with Crippen LogP contribution in [0.3, 0.4) is 0 Å². The number of carbonyl (C=O) groups is 1. The second kappa shape index (κ2) is 12.7. The summed E-state index contributed by atoms with van der Waals surface area (Å²) in [6, 6.07) is 10.5. The number of ether oxygens (including phenoxy) is 4. The Morgan fingerprint density at radius 3 is 2.56 bits per heavy atom. The highest BCUT2D eigenvalue weighted by Gasteiger charge is 2.29. The smallest absolute Gasteiger partial charge is 0.412 e. The molecule has 1 aliphatic heterocycles. The summed E-state index contributed by atoms with van der Waals surface area (Å²) in [6.07, 6.45) is 5.67. The normalized spacial score (nSPS) is 21.2. The predicted molar refractivity (Wildman–Crippen MR) is 128 cm³/mol. The maximum absolute atomic E-state index is 12.5. The first-order valence-electron chi connectivity index (χ1n) is 12.3. The molecule has 0 atom stereocenters. The Morgan fingerprint density at radius 1 is 1.09 bits per heavy atom. The van der Waals surface area contributed by atoms with Crippen LogP contribution < -0.4 is 10.1 Å². The average molecular weight is 473 g/mol. The molecule has 1 saturated carbocycles. The summed E-state index contributed by atoms with van der Waals surface area (Å²) in [4.78, 5) is 15.0. The zero-order chi connectivity index (χ0) is 23.6. The van der Waals surface area contributed by atoms with Crippen LogP contribution in [0.4, 0.5) is 10.5 Å². The Morgan fingerprint density at radius 2 is 1.82 bits per heavy atom. The van der Waals surface area contributed by atoms with Gasteiger partial charge >= 0.3 is 6.09 Å². The van der Waals surface area contributed by atoms with Crippen LogP contribution in [0.25, 0.3) is 0 Å². The first kappa shape index (κ1) is 24.5. The monoisotopic (exact) mass is 472 g/mol. The molecule has 2 aromatic rings. The highest BCUT2D eigenvalue weighted by molar-refractivity contribution is 5.86. The van der Waals surface area contributed by atoms with E-state index in [2.05, 4.69) is 15.3 Å². The Balaban J connectivity index is 1.35. The van der Waals surface area contributed by atoms with E-state index in [1.165, 1.54) is 0 Å². The molecular formula is C25H36N4O5. The van der Waals surface area contributed by atoms with E-state index in [1.54, 1.807) is 0 Å². The van der Waals surface area contributed by atoms with Gasteiger partial charge in [-0.25, -0.2) is 4.79 Å². The third-order valence-electron chi connectivity index (χ3n) is 6.42. The minimum atomic E-state index is -0.533. The molecule has 0 bridgehead atoms. The van der Waals surface area contributed by atoms with Gasteiger partial charge in [0.1, 0.15) is 18.9 Å². The molecular weight excluding hydrogens is 436 g/mol. The van der Waals surface area contributed by atoms with Crippen molar-refractivity contribution in [2.45, 2.75) is 51.3 Å². The van der Waals surface area contributed by atoms with Crippen molar-refractivity contribution in [3.05, 3.63) is 42.1 Å². The zero-order valence-corrected chi connectivity index (χ0v) is 20.0. The van der Waals surface area contributed by atoms with Crippen molar-refractivity contribution in [3.8, 4) is 5.88 Å². The standard InChI is InChI=1S/C25H36N4O5/c1-2-31-16-17-33-24-23(26-25(30)34-19-20-6-4-3-5-7-20)18-29(27-24)22-10-8-21(9-11-22)28-12-14-32-15-13-28/h3-7,18,21-22H,2,8-17,19H2,1H3,(H,26,30). The third-order valence-corrected chi connectivity index (χ3v) is 6.42. The number of carbonyl (C=O) groups excluding carboxylic acids is 1. The van der Waals surface area contributed by atoms with Crippen LogP contribution >= 0.6 is 0 Å². The summed E-state index contributed by atoms with van der Waals surface area (Å²) in [6.45, 7) is 7.30. The third kappa shape index (κ3) is 6.94. The molecule has 0 radical (unpaired) electrons. The average Bonchev–Trinajstić information content (AvgIpc) is 3.29. The van der Waals surface area contributed by atoms with E-state index in [0.29, 0.717) is 37.4 Å². The zero-order valence-electron chi connectivity index (χ0n) is 20.0. The van der Waals surface area contributed by atoms with E-state index in [9.17, 15) is 4.79 Å². The largest absolute Gasteiger partial charge is 0.473 e. The molecule has 2 fully saturated rings. The van der Waals surface area contributed by atoms with Gasteiger partial charge in [0.25, 0.3) is 5.88 Å². The maximum Gasteiger partial charge on any atom is 0.412 e. The van der Waals surface area contributed by atoms with E-state index >= 15 is 0 Å². The Bertz CT molecular complexity index is 877. The van der Waals surface area contributed by atoms with Gasteiger partial charge in [0, 0.05) is 25.7 Å². The van der Waals surface area contributed by atoms with Crippen molar-refractivity contribution in [1.82, 2.24) is 14.7 Å². The first-order chi connectivity index (χ1) is 16.7.